The molecule has 0 aliphatic carbocycles. The van der Waals surface area contributed by atoms with Gasteiger partial charge < -0.3 is 15.3 Å². The third kappa shape index (κ3) is 3.44. The Morgan fingerprint density at radius 2 is 1.62 bits per heavy atom. The highest BCUT2D eigenvalue weighted by atomic mass is 16.4. The number of hydrogen-bond acceptors (Lipinski definition) is 4. The molecule has 0 unspecified atom stereocenters. The van der Waals surface area contributed by atoms with Crippen LogP contribution in [0.15, 0.2) is 47.5 Å². The molecule has 6 nitrogen and oxygen atoms in total. The summed E-state index contributed by atoms with van der Waals surface area (Å²) < 4.78 is 0. The Bertz CT molecular complexity index is 719. The number of aromatic carboxylic acids is 2. The first-order valence-corrected chi connectivity index (χ1v) is 5.91. The van der Waals surface area contributed by atoms with Crippen molar-refractivity contribution in [2.45, 2.75) is 0 Å². The summed E-state index contributed by atoms with van der Waals surface area (Å²) in [6.07, 6.45) is 1.35. The molecule has 21 heavy (non-hydrogen) atoms. The van der Waals surface area contributed by atoms with Crippen LogP contribution >= 0.6 is 0 Å². The highest BCUT2D eigenvalue weighted by molar-refractivity contribution is 5.99. The second-order valence-corrected chi connectivity index (χ2v) is 4.19. The minimum absolute atomic E-state index is 0.0686. The van der Waals surface area contributed by atoms with E-state index in [9.17, 15) is 14.7 Å². The van der Waals surface area contributed by atoms with Gasteiger partial charge in [-0.3, -0.25) is 4.99 Å². The van der Waals surface area contributed by atoms with E-state index in [1.165, 1.54) is 42.6 Å². The van der Waals surface area contributed by atoms with Crippen LogP contribution in [0, 0.1) is 0 Å². The maximum absolute atomic E-state index is 11.1. The molecule has 0 heterocycles. The van der Waals surface area contributed by atoms with Crippen LogP contribution in [0.2, 0.25) is 0 Å². The van der Waals surface area contributed by atoms with Crippen LogP contribution in [0.4, 0.5) is 5.69 Å². The van der Waals surface area contributed by atoms with E-state index >= 15 is 0 Å². The summed E-state index contributed by atoms with van der Waals surface area (Å²) in [7, 11) is 0. The lowest BCUT2D eigenvalue weighted by Gasteiger charge is -2.01. The van der Waals surface area contributed by atoms with Gasteiger partial charge in [0.15, 0.2) is 0 Å². The van der Waals surface area contributed by atoms with Crippen LogP contribution in [0.5, 0.6) is 5.75 Å². The summed E-state index contributed by atoms with van der Waals surface area (Å²) in [6, 6.07) is 9.78. The van der Waals surface area contributed by atoms with Crippen LogP contribution in [0.1, 0.15) is 26.3 Å². The maximum Gasteiger partial charge on any atom is 0.336 e. The van der Waals surface area contributed by atoms with E-state index in [4.69, 9.17) is 10.2 Å². The highest BCUT2D eigenvalue weighted by Gasteiger charge is 2.09. The minimum atomic E-state index is -1.17. The normalized spacial score (nSPS) is 10.7. The molecule has 2 aromatic carbocycles. The van der Waals surface area contributed by atoms with Crippen molar-refractivity contribution < 1.29 is 24.9 Å². The third-order valence-electron chi connectivity index (χ3n) is 2.73. The fourth-order valence-electron chi connectivity index (χ4n) is 1.68. The Morgan fingerprint density at radius 3 is 2.19 bits per heavy atom. The van der Waals surface area contributed by atoms with Crippen molar-refractivity contribution in [3.05, 3.63) is 59.2 Å². The van der Waals surface area contributed by atoms with Gasteiger partial charge in [-0.2, -0.15) is 0 Å². The van der Waals surface area contributed by atoms with Crippen molar-refractivity contribution in [3.8, 4) is 5.75 Å². The molecule has 2 rings (SSSR count). The topological polar surface area (TPSA) is 107 Å². The molecule has 0 amide bonds. The van der Waals surface area contributed by atoms with Gasteiger partial charge >= 0.3 is 11.9 Å². The predicted octanol–water partition coefficient (Wildman–Crippen LogP) is 2.54. The molecule has 2 aromatic rings. The van der Waals surface area contributed by atoms with Gasteiger partial charge in [0.25, 0.3) is 0 Å². The lowest BCUT2D eigenvalue weighted by molar-refractivity contribution is 0.0686. The van der Waals surface area contributed by atoms with Crippen molar-refractivity contribution in [3.63, 3.8) is 0 Å². The number of aliphatic imine (C=N–C) groups is 1. The van der Waals surface area contributed by atoms with Crippen molar-refractivity contribution in [2.75, 3.05) is 0 Å². The standard InChI is InChI=1S/C15H11NO5/c17-12-6-3-10(13(7-12)15(20)21)8-16-11-4-1-9(2-5-11)14(18)19/h1-8,17H,(H,18,19)(H,20,21). The molecule has 0 aliphatic heterocycles. The molecule has 0 saturated heterocycles. The van der Waals surface area contributed by atoms with Gasteiger partial charge in [-0.15, -0.1) is 0 Å². The second-order valence-electron chi connectivity index (χ2n) is 4.19. The smallest absolute Gasteiger partial charge is 0.336 e. The molecule has 106 valence electrons. The number of carboxylic acids is 2. The van der Waals surface area contributed by atoms with Crippen LogP contribution in [-0.2, 0) is 0 Å². The lowest BCUT2D eigenvalue weighted by Crippen LogP contribution is -2.01. The van der Waals surface area contributed by atoms with Crippen molar-refractivity contribution >= 4 is 23.8 Å². The summed E-state index contributed by atoms with van der Waals surface area (Å²) in [4.78, 5) is 25.9. The molecule has 6 heteroatoms. The van der Waals surface area contributed by atoms with E-state index in [1.54, 1.807) is 0 Å². The van der Waals surface area contributed by atoms with E-state index in [-0.39, 0.29) is 16.9 Å². The van der Waals surface area contributed by atoms with Gasteiger partial charge in [-0.1, -0.05) is 0 Å². The zero-order chi connectivity index (χ0) is 15.4. The first kappa shape index (κ1) is 14.3. The van der Waals surface area contributed by atoms with E-state index in [0.29, 0.717) is 11.3 Å². The average Bonchev–Trinajstić information content (AvgIpc) is 2.46. The number of phenolic OH excluding ortho intramolecular Hbond substituents is 1. The number of carbonyl (C=O) groups is 2. The summed E-state index contributed by atoms with van der Waals surface area (Å²) in [5, 5.41) is 27.1. The van der Waals surface area contributed by atoms with Gasteiger partial charge in [-0.25, -0.2) is 9.59 Å². The monoisotopic (exact) mass is 285 g/mol. The van der Waals surface area contributed by atoms with Crippen LogP contribution in [0.25, 0.3) is 0 Å². The van der Waals surface area contributed by atoms with E-state index in [1.807, 2.05) is 0 Å². The summed E-state index contributed by atoms with van der Waals surface area (Å²) in [5.41, 5.74) is 0.901. The van der Waals surface area contributed by atoms with E-state index < -0.39 is 11.9 Å². The molecule has 3 N–H and O–H groups in total. The molecule has 0 aliphatic rings. The SMILES string of the molecule is O=C(O)c1ccc(N=Cc2ccc(O)cc2C(=O)O)cc1. The van der Waals surface area contributed by atoms with Gasteiger partial charge in [-0.05, 0) is 42.5 Å². The van der Waals surface area contributed by atoms with Crippen molar-refractivity contribution in [1.82, 2.24) is 0 Å². The van der Waals surface area contributed by atoms with E-state index in [0.717, 1.165) is 6.07 Å². The number of rotatable bonds is 4. The largest absolute Gasteiger partial charge is 0.508 e. The fourth-order valence-corrected chi connectivity index (χ4v) is 1.68. The predicted molar refractivity (Wildman–Crippen MR) is 75.7 cm³/mol. The number of aromatic hydroxyl groups is 1. The summed E-state index contributed by atoms with van der Waals surface area (Å²) >= 11 is 0. The van der Waals surface area contributed by atoms with Gasteiger partial charge in [0.2, 0.25) is 0 Å². The number of benzene rings is 2. The fraction of sp³-hybridized carbons (Fsp3) is 0. The summed E-state index contributed by atoms with van der Waals surface area (Å²) in [5.74, 6) is -2.35. The Morgan fingerprint density at radius 1 is 0.952 bits per heavy atom. The molecular formula is C15H11NO5. The quantitative estimate of drug-likeness (QED) is 0.748. The van der Waals surface area contributed by atoms with Crippen LogP contribution in [-0.4, -0.2) is 33.5 Å². The Balaban J connectivity index is 2.29. The number of hydrogen-bond donors (Lipinski definition) is 3. The van der Waals surface area contributed by atoms with Gasteiger partial charge in [0.05, 0.1) is 16.8 Å². The number of phenols is 1. The molecule has 0 fully saturated rings. The Kier molecular flexibility index (Phi) is 3.99. The Hall–Kier alpha value is -3.15. The Labute approximate surface area is 119 Å². The summed E-state index contributed by atoms with van der Waals surface area (Å²) in [6.45, 7) is 0. The molecule has 0 radical (unpaired) electrons. The van der Waals surface area contributed by atoms with Gasteiger partial charge in [0.1, 0.15) is 5.75 Å². The maximum atomic E-state index is 11.1. The number of nitrogens with zero attached hydrogens (tertiary/aromatic N) is 1. The molecule has 0 saturated carbocycles. The van der Waals surface area contributed by atoms with Crippen molar-refractivity contribution in [1.29, 1.82) is 0 Å². The minimum Gasteiger partial charge on any atom is -0.508 e. The zero-order valence-corrected chi connectivity index (χ0v) is 10.7. The molecule has 0 atom stereocenters. The average molecular weight is 285 g/mol. The molecular weight excluding hydrogens is 274 g/mol. The first-order valence-electron chi connectivity index (χ1n) is 5.91. The zero-order valence-electron chi connectivity index (χ0n) is 10.7. The lowest BCUT2D eigenvalue weighted by atomic mass is 10.1. The molecule has 0 aromatic heterocycles. The highest BCUT2D eigenvalue weighted by Crippen LogP contribution is 2.17. The number of carboxylic acid groups (broad SMARTS) is 2. The first-order chi connectivity index (χ1) is 9.97. The van der Waals surface area contributed by atoms with Gasteiger partial charge in [0, 0.05) is 11.8 Å². The van der Waals surface area contributed by atoms with Crippen LogP contribution < -0.4 is 0 Å². The third-order valence-corrected chi connectivity index (χ3v) is 2.73. The second kappa shape index (κ2) is 5.87. The van der Waals surface area contributed by atoms with Crippen LogP contribution in [0.3, 0.4) is 0 Å². The van der Waals surface area contributed by atoms with E-state index in [2.05, 4.69) is 4.99 Å². The van der Waals surface area contributed by atoms with Crippen molar-refractivity contribution in [2.24, 2.45) is 4.99 Å². The molecule has 0 spiro atoms. The molecule has 0 bridgehead atoms.